The third-order valence-electron chi connectivity index (χ3n) is 2.33. The Labute approximate surface area is 79.6 Å². The van der Waals surface area contributed by atoms with Crippen LogP contribution in [0, 0.1) is 11.3 Å². The number of fused-ring (bicyclic) bond motifs is 3. The van der Waals surface area contributed by atoms with E-state index in [1.807, 2.05) is 24.4 Å². The quantitative estimate of drug-likeness (QED) is 0.581. The second-order valence-corrected chi connectivity index (χ2v) is 3.11. The zero-order valence-corrected chi connectivity index (χ0v) is 7.24. The maximum absolute atomic E-state index is 8.90. The number of pyridine rings is 1. The Morgan fingerprint density at radius 3 is 3.00 bits per heavy atom. The highest BCUT2D eigenvalue weighted by molar-refractivity contribution is 6.06. The number of rotatable bonds is 0. The molecule has 0 saturated carbocycles. The minimum atomic E-state index is 0.654. The fraction of sp³-hybridized carbons (Fsp3) is 0. The molecule has 0 aliphatic heterocycles. The molecule has 1 N–H and O–H groups in total. The summed E-state index contributed by atoms with van der Waals surface area (Å²) in [6.07, 6.45) is 1.82. The molecule has 3 rings (SSSR count). The number of nitriles is 1. The van der Waals surface area contributed by atoms with Crippen LogP contribution in [0.5, 0.6) is 0 Å². The van der Waals surface area contributed by atoms with Gasteiger partial charge < -0.3 is 9.40 Å². The molecule has 0 fully saturated rings. The Morgan fingerprint density at radius 2 is 2.14 bits per heavy atom. The van der Waals surface area contributed by atoms with Crippen molar-refractivity contribution in [2.45, 2.75) is 0 Å². The monoisotopic (exact) mass is 182 g/mol. The second kappa shape index (κ2) is 2.39. The highest BCUT2D eigenvalue weighted by Gasteiger charge is 2.11. The van der Waals surface area contributed by atoms with Gasteiger partial charge in [0, 0.05) is 6.20 Å². The largest absolute Gasteiger partial charge is 0.454 e. The lowest BCUT2D eigenvalue weighted by atomic mass is 10.2. The van der Waals surface area contributed by atoms with Gasteiger partial charge in [-0.15, -0.1) is 0 Å². The first-order chi connectivity index (χ1) is 6.90. The first-order valence-corrected chi connectivity index (χ1v) is 4.29. The van der Waals surface area contributed by atoms with Crippen molar-refractivity contribution in [2.24, 2.45) is 0 Å². The zero-order chi connectivity index (χ0) is 9.54. The van der Waals surface area contributed by atoms with Gasteiger partial charge in [-0.25, -0.2) is 0 Å². The molecule has 0 radical (unpaired) electrons. The van der Waals surface area contributed by atoms with Crippen molar-refractivity contribution in [1.82, 2.24) is 4.98 Å². The number of furan rings is 1. The fourth-order valence-electron chi connectivity index (χ4n) is 1.71. The minimum Gasteiger partial charge on any atom is -0.454 e. The summed E-state index contributed by atoms with van der Waals surface area (Å²) in [5.74, 6) is 0. The molecule has 0 spiro atoms. The Kier molecular flexibility index (Phi) is 1.23. The highest BCUT2D eigenvalue weighted by Crippen LogP contribution is 2.30. The molecule has 0 amide bonds. The van der Waals surface area contributed by atoms with E-state index in [-0.39, 0.29) is 0 Å². The molecule has 3 aromatic rings. The van der Waals surface area contributed by atoms with Gasteiger partial charge in [-0.2, -0.15) is 5.26 Å². The van der Waals surface area contributed by atoms with Gasteiger partial charge >= 0.3 is 0 Å². The van der Waals surface area contributed by atoms with Gasteiger partial charge in [0.05, 0.1) is 22.5 Å². The number of aromatic amines is 1. The topological polar surface area (TPSA) is 52.7 Å². The molecule has 0 saturated heterocycles. The van der Waals surface area contributed by atoms with Crippen molar-refractivity contribution in [3.05, 3.63) is 36.0 Å². The van der Waals surface area contributed by atoms with Gasteiger partial charge in [0.1, 0.15) is 5.58 Å². The van der Waals surface area contributed by atoms with Crippen LogP contribution >= 0.6 is 0 Å². The van der Waals surface area contributed by atoms with Crippen LogP contribution in [-0.4, -0.2) is 4.98 Å². The van der Waals surface area contributed by atoms with Gasteiger partial charge in [-0.3, -0.25) is 0 Å². The number of hydrogen-bond donors (Lipinski definition) is 1. The van der Waals surface area contributed by atoms with Gasteiger partial charge in [0.2, 0.25) is 0 Å². The smallest absolute Gasteiger partial charge is 0.151 e. The first-order valence-electron chi connectivity index (χ1n) is 4.29. The number of nitrogens with zero attached hydrogens (tertiary/aromatic N) is 1. The standard InChI is InChI=1S/C11H6N2O/c12-6-7-3-4-8-10(7)11-9(14-8)2-1-5-13-11/h1-5,13H. The first kappa shape index (κ1) is 7.22. The highest BCUT2D eigenvalue weighted by atomic mass is 16.3. The van der Waals surface area contributed by atoms with Crippen LogP contribution in [0.2, 0.25) is 0 Å². The lowest BCUT2D eigenvalue weighted by Gasteiger charge is -1.87. The van der Waals surface area contributed by atoms with Crippen molar-refractivity contribution in [3.8, 4) is 6.07 Å². The molecule has 0 aliphatic carbocycles. The average Bonchev–Trinajstić information content (AvgIpc) is 2.75. The van der Waals surface area contributed by atoms with Crippen LogP contribution in [-0.2, 0) is 0 Å². The summed E-state index contributed by atoms with van der Waals surface area (Å²) in [4.78, 5) is 3.09. The van der Waals surface area contributed by atoms with Crippen molar-refractivity contribution in [2.75, 3.05) is 0 Å². The Hall–Kier alpha value is -2.21. The van der Waals surface area contributed by atoms with Crippen LogP contribution in [0.3, 0.4) is 0 Å². The Bertz CT molecular complexity index is 655. The second-order valence-electron chi connectivity index (χ2n) is 3.11. The van der Waals surface area contributed by atoms with E-state index >= 15 is 0 Å². The van der Waals surface area contributed by atoms with Gasteiger partial charge in [-0.1, -0.05) is 0 Å². The van der Waals surface area contributed by atoms with Crippen LogP contribution in [0.4, 0.5) is 0 Å². The summed E-state index contributed by atoms with van der Waals surface area (Å²) < 4.78 is 5.55. The zero-order valence-electron chi connectivity index (χ0n) is 7.24. The molecule has 66 valence electrons. The van der Waals surface area contributed by atoms with Crippen LogP contribution < -0.4 is 0 Å². The fourth-order valence-corrected chi connectivity index (χ4v) is 1.71. The molecule has 2 aromatic heterocycles. The molecule has 14 heavy (non-hydrogen) atoms. The summed E-state index contributed by atoms with van der Waals surface area (Å²) >= 11 is 0. The maximum Gasteiger partial charge on any atom is 0.151 e. The van der Waals surface area contributed by atoms with Crippen molar-refractivity contribution < 1.29 is 4.42 Å². The Morgan fingerprint density at radius 1 is 1.21 bits per heavy atom. The lowest BCUT2D eigenvalue weighted by molar-refractivity contribution is 0.669. The lowest BCUT2D eigenvalue weighted by Crippen LogP contribution is -1.72. The van der Waals surface area contributed by atoms with E-state index in [2.05, 4.69) is 11.1 Å². The van der Waals surface area contributed by atoms with Gasteiger partial charge in [0.15, 0.2) is 5.58 Å². The molecule has 0 bridgehead atoms. The third kappa shape index (κ3) is 0.748. The summed E-state index contributed by atoms with van der Waals surface area (Å²) in [6, 6.07) is 9.50. The Balaban J connectivity index is 2.63. The van der Waals surface area contributed by atoms with Gasteiger partial charge in [-0.05, 0) is 24.3 Å². The van der Waals surface area contributed by atoms with Crippen molar-refractivity contribution in [3.63, 3.8) is 0 Å². The molecule has 1 aromatic carbocycles. The predicted molar refractivity (Wildman–Crippen MR) is 52.8 cm³/mol. The summed E-state index contributed by atoms with van der Waals surface area (Å²) in [6.45, 7) is 0. The van der Waals surface area contributed by atoms with Crippen LogP contribution in [0.1, 0.15) is 5.56 Å². The average molecular weight is 182 g/mol. The van der Waals surface area contributed by atoms with Gasteiger partial charge in [0.25, 0.3) is 0 Å². The molecular formula is C11H6N2O. The van der Waals surface area contributed by atoms with Crippen LogP contribution in [0.15, 0.2) is 34.9 Å². The van der Waals surface area contributed by atoms with Crippen LogP contribution in [0.25, 0.3) is 22.1 Å². The molecule has 3 nitrogen and oxygen atoms in total. The summed E-state index contributed by atoms with van der Waals surface area (Å²) in [5.41, 5.74) is 3.10. The van der Waals surface area contributed by atoms with E-state index < -0.39 is 0 Å². The van der Waals surface area contributed by atoms with E-state index in [9.17, 15) is 0 Å². The predicted octanol–water partition coefficient (Wildman–Crippen LogP) is 2.79. The van der Waals surface area contributed by atoms with E-state index in [0.717, 1.165) is 22.1 Å². The molecule has 0 aliphatic rings. The number of nitrogens with one attached hydrogen (secondary N) is 1. The van der Waals surface area contributed by atoms with E-state index in [1.54, 1.807) is 6.07 Å². The number of aromatic nitrogens is 1. The molecule has 0 unspecified atom stereocenters. The van der Waals surface area contributed by atoms with E-state index in [1.165, 1.54) is 0 Å². The normalized spacial score (nSPS) is 10.8. The molecule has 0 atom stereocenters. The summed E-state index contributed by atoms with van der Waals surface area (Å²) in [5, 5.41) is 9.77. The van der Waals surface area contributed by atoms with E-state index in [4.69, 9.17) is 9.68 Å². The molecule has 2 heterocycles. The van der Waals surface area contributed by atoms with Crippen molar-refractivity contribution >= 4 is 22.1 Å². The summed E-state index contributed by atoms with van der Waals surface area (Å²) in [7, 11) is 0. The minimum absolute atomic E-state index is 0.654. The third-order valence-corrected chi connectivity index (χ3v) is 2.33. The molecule has 3 heteroatoms. The van der Waals surface area contributed by atoms with Crippen molar-refractivity contribution in [1.29, 1.82) is 5.26 Å². The number of H-pyrrole nitrogens is 1. The molecular weight excluding hydrogens is 176 g/mol. The SMILES string of the molecule is N#Cc1ccc2oc3ccc[nH]c3c12. The number of hydrogen-bond acceptors (Lipinski definition) is 2. The maximum atomic E-state index is 8.90. The van der Waals surface area contributed by atoms with E-state index in [0.29, 0.717) is 5.56 Å².